The maximum absolute atomic E-state index is 13.0. The lowest BCUT2D eigenvalue weighted by atomic mass is 9.75. The molecule has 3 fully saturated rings. The first-order valence-corrected chi connectivity index (χ1v) is 7.83. The number of carboxylic acids is 2. The summed E-state index contributed by atoms with van der Waals surface area (Å²) in [5.74, 6) is -4.66. The molecule has 1 spiro atoms. The van der Waals surface area contributed by atoms with E-state index in [-0.39, 0.29) is 6.04 Å². The Kier molecular flexibility index (Phi) is 3.05. The number of carbonyl (C=O) groups is 3. The van der Waals surface area contributed by atoms with Crippen LogP contribution in [-0.4, -0.2) is 69.8 Å². The Morgan fingerprint density at radius 3 is 2.74 bits per heavy atom. The van der Waals surface area contributed by atoms with Crippen molar-refractivity contribution < 1.29 is 29.3 Å². The molecule has 3 N–H and O–H groups in total. The Labute approximate surface area is 132 Å². The van der Waals surface area contributed by atoms with Crippen LogP contribution in [0, 0.1) is 11.8 Å². The average molecular weight is 322 g/mol. The van der Waals surface area contributed by atoms with E-state index in [1.807, 2.05) is 0 Å². The molecule has 0 saturated carbocycles. The number of piperidine rings is 1. The number of rotatable bonds is 3. The molecule has 0 aromatic carbocycles. The van der Waals surface area contributed by atoms with E-state index >= 15 is 0 Å². The number of amides is 1. The van der Waals surface area contributed by atoms with E-state index in [1.165, 1.54) is 4.90 Å². The van der Waals surface area contributed by atoms with Gasteiger partial charge in [-0.1, -0.05) is 12.2 Å². The summed E-state index contributed by atoms with van der Waals surface area (Å²) in [6, 6.07) is -1.42. The molecular formula is C15H18N2O6. The molecule has 4 aliphatic heterocycles. The van der Waals surface area contributed by atoms with Crippen LogP contribution in [0.4, 0.5) is 0 Å². The Hall–Kier alpha value is -1.93. The van der Waals surface area contributed by atoms with Crippen molar-refractivity contribution in [2.45, 2.75) is 36.6 Å². The summed E-state index contributed by atoms with van der Waals surface area (Å²) < 4.78 is 5.77. The molecule has 4 heterocycles. The number of ether oxygens (including phenoxy) is 1. The van der Waals surface area contributed by atoms with E-state index in [4.69, 9.17) is 4.74 Å². The molecule has 2 bridgehead atoms. The molecule has 4 rings (SSSR count). The number of hydrogen-bond donors (Lipinski definition) is 3. The highest BCUT2D eigenvalue weighted by atomic mass is 16.5. The van der Waals surface area contributed by atoms with Crippen molar-refractivity contribution in [3.05, 3.63) is 12.2 Å². The van der Waals surface area contributed by atoms with Gasteiger partial charge in [0.05, 0.1) is 12.0 Å². The molecule has 0 aromatic rings. The molecular weight excluding hydrogens is 304 g/mol. The predicted molar refractivity (Wildman–Crippen MR) is 75.5 cm³/mol. The minimum Gasteiger partial charge on any atom is -0.481 e. The number of fused-ring (bicyclic) bond motifs is 1. The number of hydrogen-bond acceptors (Lipinski definition) is 5. The number of carboxylic acid groups (broad SMARTS) is 2. The number of nitrogens with one attached hydrogen (secondary N) is 1. The van der Waals surface area contributed by atoms with Crippen LogP contribution >= 0.6 is 0 Å². The lowest BCUT2D eigenvalue weighted by Gasteiger charge is -2.37. The minimum absolute atomic E-state index is 0.247. The first-order chi connectivity index (χ1) is 11.0. The van der Waals surface area contributed by atoms with E-state index < -0.39 is 47.4 Å². The molecule has 6 unspecified atom stereocenters. The Morgan fingerprint density at radius 1 is 1.35 bits per heavy atom. The van der Waals surface area contributed by atoms with Crippen molar-refractivity contribution in [3.8, 4) is 0 Å². The highest BCUT2D eigenvalue weighted by molar-refractivity contribution is 5.97. The van der Waals surface area contributed by atoms with Gasteiger partial charge in [-0.05, 0) is 19.4 Å². The molecule has 3 saturated heterocycles. The van der Waals surface area contributed by atoms with Gasteiger partial charge in [0.15, 0.2) is 6.04 Å². The standard InChI is InChI=1S/C15H18N2O6/c18-12-10-9(13(19)20)8-3-4-15(10,23-8)11(14(21)22)17(12)7-2-1-5-16-6-7/h3-4,7-11,16H,1-2,5-6H2,(H,19,20)(H,21,22). The van der Waals surface area contributed by atoms with E-state index in [2.05, 4.69) is 5.32 Å². The van der Waals surface area contributed by atoms with Crippen molar-refractivity contribution in [1.29, 1.82) is 0 Å². The molecule has 0 radical (unpaired) electrons. The van der Waals surface area contributed by atoms with Gasteiger partial charge in [-0.25, -0.2) is 4.79 Å². The van der Waals surface area contributed by atoms with Crippen molar-refractivity contribution >= 4 is 17.8 Å². The summed E-state index contributed by atoms with van der Waals surface area (Å²) in [4.78, 5) is 37.8. The fraction of sp³-hybridized carbons (Fsp3) is 0.667. The summed E-state index contributed by atoms with van der Waals surface area (Å²) >= 11 is 0. The van der Waals surface area contributed by atoms with E-state index in [9.17, 15) is 24.6 Å². The normalized spacial score (nSPS) is 44.6. The first-order valence-electron chi connectivity index (χ1n) is 7.83. The molecule has 0 aromatic heterocycles. The highest BCUT2D eigenvalue weighted by Crippen LogP contribution is 2.55. The van der Waals surface area contributed by atoms with Crippen LogP contribution < -0.4 is 5.32 Å². The molecule has 8 nitrogen and oxygen atoms in total. The molecule has 1 amide bonds. The number of likely N-dealkylation sites (tertiary alicyclic amines) is 1. The van der Waals surface area contributed by atoms with Gasteiger partial charge in [-0.15, -0.1) is 0 Å². The maximum atomic E-state index is 13.0. The zero-order chi connectivity index (χ0) is 16.4. The van der Waals surface area contributed by atoms with Gasteiger partial charge in [0.25, 0.3) is 0 Å². The summed E-state index contributed by atoms with van der Waals surface area (Å²) in [5, 5.41) is 22.4. The predicted octanol–water partition coefficient (Wildman–Crippen LogP) is -0.942. The van der Waals surface area contributed by atoms with Gasteiger partial charge in [-0.2, -0.15) is 0 Å². The summed E-state index contributed by atoms with van der Waals surface area (Å²) in [7, 11) is 0. The number of nitrogens with zero attached hydrogens (tertiary/aromatic N) is 1. The van der Waals surface area contributed by atoms with Crippen LogP contribution in [-0.2, 0) is 19.1 Å². The molecule has 6 atom stereocenters. The second-order valence-corrected chi connectivity index (χ2v) is 6.62. The van der Waals surface area contributed by atoms with Crippen molar-refractivity contribution in [2.75, 3.05) is 13.1 Å². The van der Waals surface area contributed by atoms with Gasteiger partial charge in [0.2, 0.25) is 5.91 Å². The van der Waals surface area contributed by atoms with Crippen molar-refractivity contribution in [2.24, 2.45) is 11.8 Å². The molecule has 124 valence electrons. The van der Waals surface area contributed by atoms with Crippen LogP contribution in [0.15, 0.2) is 12.2 Å². The molecule has 23 heavy (non-hydrogen) atoms. The number of carbonyl (C=O) groups excluding carboxylic acids is 1. The van der Waals surface area contributed by atoms with Crippen LogP contribution in [0.25, 0.3) is 0 Å². The Balaban J connectivity index is 1.78. The smallest absolute Gasteiger partial charge is 0.329 e. The van der Waals surface area contributed by atoms with Crippen LogP contribution in [0.1, 0.15) is 12.8 Å². The van der Waals surface area contributed by atoms with Crippen LogP contribution in [0.3, 0.4) is 0 Å². The fourth-order valence-electron chi connectivity index (χ4n) is 4.63. The van der Waals surface area contributed by atoms with Gasteiger partial charge < -0.3 is 25.2 Å². The van der Waals surface area contributed by atoms with E-state index in [1.54, 1.807) is 12.2 Å². The third kappa shape index (κ3) is 1.76. The summed E-state index contributed by atoms with van der Waals surface area (Å²) in [6.45, 7) is 1.35. The number of aliphatic carboxylic acids is 2. The van der Waals surface area contributed by atoms with Gasteiger partial charge in [0.1, 0.15) is 11.5 Å². The van der Waals surface area contributed by atoms with Crippen molar-refractivity contribution in [1.82, 2.24) is 10.2 Å². The third-order valence-electron chi connectivity index (χ3n) is 5.50. The summed E-state index contributed by atoms with van der Waals surface area (Å²) in [5.41, 5.74) is -1.35. The largest absolute Gasteiger partial charge is 0.481 e. The maximum Gasteiger partial charge on any atom is 0.329 e. The van der Waals surface area contributed by atoms with Gasteiger partial charge in [0, 0.05) is 12.6 Å². The minimum atomic E-state index is -1.35. The topological polar surface area (TPSA) is 116 Å². The second-order valence-electron chi connectivity index (χ2n) is 6.62. The monoisotopic (exact) mass is 322 g/mol. The van der Waals surface area contributed by atoms with Gasteiger partial charge in [-0.3, -0.25) is 9.59 Å². The third-order valence-corrected chi connectivity index (χ3v) is 5.50. The average Bonchev–Trinajstić information content (AvgIpc) is 3.15. The highest BCUT2D eigenvalue weighted by Gasteiger charge is 2.73. The lowest BCUT2D eigenvalue weighted by molar-refractivity contribution is -0.155. The van der Waals surface area contributed by atoms with Crippen LogP contribution in [0.2, 0.25) is 0 Å². The quantitative estimate of drug-likeness (QED) is 0.574. The fourth-order valence-corrected chi connectivity index (χ4v) is 4.63. The molecule has 4 aliphatic rings. The zero-order valence-corrected chi connectivity index (χ0v) is 12.3. The summed E-state index contributed by atoms with van der Waals surface area (Å²) in [6.07, 6.45) is 4.00. The van der Waals surface area contributed by atoms with Crippen LogP contribution in [0.5, 0.6) is 0 Å². The van der Waals surface area contributed by atoms with E-state index in [0.29, 0.717) is 13.0 Å². The Bertz CT molecular complexity index is 613. The first kappa shape index (κ1) is 14.6. The SMILES string of the molecule is O=C(O)C1C2C=CC3(O2)C1C(=O)N(C1CCCNC1)C3C(=O)O. The zero-order valence-electron chi connectivity index (χ0n) is 12.3. The van der Waals surface area contributed by atoms with Gasteiger partial charge >= 0.3 is 11.9 Å². The van der Waals surface area contributed by atoms with E-state index in [0.717, 1.165) is 13.0 Å². The Morgan fingerprint density at radius 2 is 2.13 bits per heavy atom. The van der Waals surface area contributed by atoms with Crippen molar-refractivity contribution in [3.63, 3.8) is 0 Å². The molecule has 8 heteroatoms. The molecule has 0 aliphatic carbocycles. The lowest BCUT2D eigenvalue weighted by Crippen LogP contribution is -2.56. The second kappa shape index (κ2) is 4.78.